The van der Waals surface area contributed by atoms with Crippen LogP contribution in [0.4, 0.5) is 16.2 Å². The molecule has 0 atom stereocenters. The van der Waals surface area contributed by atoms with Crippen LogP contribution >= 0.6 is 11.6 Å². The molecule has 0 unspecified atom stereocenters. The number of rotatable bonds is 5. The SMILES string of the molecule is COc1ccccc1CCNC(=O)Nc1ccc(N)cc1Cl. The second-order valence-corrected chi connectivity index (χ2v) is 5.09. The minimum absolute atomic E-state index is 0.318. The molecule has 0 aliphatic heterocycles. The Bertz CT molecular complexity index is 662. The third-order valence-electron chi connectivity index (χ3n) is 3.11. The quantitative estimate of drug-likeness (QED) is 0.740. The lowest BCUT2D eigenvalue weighted by atomic mass is 10.1. The Morgan fingerprint density at radius 1 is 1.27 bits per heavy atom. The summed E-state index contributed by atoms with van der Waals surface area (Å²) in [6, 6.07) is 12.3. The van der Waals surface area contributed by atoms with Gasteiger partial charge in [-0.25, -0.2) is 4.79 Å². The van der Waals surface area contributed by atoms with Gasteiger partial charge in [0, 0.05) is 12.2 Å². The van der Waals surface area contributed by atoms with Gasteiger partial charge in [0.05, 0.1) is 17.8 Å². The maximum atomic E-state index is 11.9. The summed E-state index contributed by atoms with van der Waals surface area (Å²) in [5, 5.41) is 5.86. The summed E-state index contributed by atoms with van der Waals surface area (Å²) < 4.78 is 5.27. The van der Waals surface area contributed by atoms with Gasteiger partial charge in [-0.05, 0) is 36.2 Å². The van der Waals surface area contributed by atoms with Crippen molar-refractivity contribution in [2.24, 2.45) is 0 Å². The molecule has 6 heteroatoms. The number of ether oxygens (including phenoxy) is 1. The summed E-state index contributed by atoms with van der Waals surface area (Å²) in [6.07, 6.45) is 0.674. The Kier molecular flexibility index (Phi) is 5.49. The summed E-state index contributed by atoms with van der Waals surface area (Å²) in [5.41, 5.74) is 7.71. The van der Waals surface area contributed by atoms with Crippen LogP contribution in [0.5, 0.6) is 5.75 Å². The lowest BCUT2D eigenvalue weighted by Gasteiger charge is -2.11. The predicted octanol–water partition coefficient (Wildman–Crippen LogP) is 3.29. The summed E-state index contributed by atoms with van der Waals surface area (Å²) in [5.74, 6) is 0.811. The van der Waals surface area contributed by atoms with E-state index in [1.807, 2.05) is 24.3 Å². The van der Waals surface area contributed by atoms with Crippen LogP contribution in [0, 0.1) is 0 Å². The molecule has 4 N–H and O–H groups in total. The van der Waals surface area contributed by atoms with Crippen LogP contribution in [0.3, 0.4) is 0 Å². The first-order valence-electron chi connectivity index (χ1n) is 6.82. The highest BCUT2D eigenvalue weighted by atomic mass is 35.5. The smallest absolute Gasteiger partial charge is 0.319 e. The fourth-order valence-corrected chi connectivity index (χ4v) is 2.26. The van der Waals surface area contributed by atoms with Crippen molar-refractivity contribution in [2.45, 2.75) is 6.42 Å². The fourth-order valence-electron chi connectivity index (χ4n) is 2.02. The van der Waals surface area contributed by atoms with Gasteiger partial charge in [-0.15, -0.1) is 0 Å². The minimum Gasteiger partial charge on any atom is -0.496 e. The standard InChI is InChI=1S/C16H18ClN3O2/c1-22-15-5-3-2-4-11(15)8-9-19-16(21)20-14-7-6-12(18)10-13(14)17/h2-7,10H,8-9,18H2,1H3,(H2,19,20,21). The lowest BCUT2D eigenvalue weighted by Crippen LogP contribution is -2.30. The molecular weight excluding hydrogens is 302 g/mol. The van der Waals surface area contributed by atoms with Crippen molar-refractivity contribution in [3.8, 4) is 5.75 Å². The number of carbonyl (C=O) groups excluding carboxylic acids is 1. The first kappa shape index (κ1) is 16.0. The largest absolute Gasteiger partial charge is 0.496 e. The Labute approximate surface area is 134 Å². The zero-order valence-corrected chi connectivity index (χ0v) is 13.0. The highest BCUT2D eigenvalue weighted by molar-refractivity contribution is 6.34. The van der Waals surface area contributed by atoms with Gasteiger partial charge >= 0.3 is 6.03 Å². The van der Waals surface area contributed by atoms with Gasteiger partial charge in [0.25, 0.3) is 0 Å². The number of anilines is 2. The van der Waals surface area contributed by atoms with E-state index in [2.05, 4.69) is 10.6 Å². The molecule has 116 valence electrons. The molecule has 2 amide bonds. The van der Waals surface area contributed by atoms with E-state index in [1.165, 1.54) is 0 Å². The molecule has 0 bridgehead atoms. The second-order valence-electron chi connectivity index (χ2n) is 4.68. The van der Waals surface area contributed by atoms with Crippen LogP contribution in [0.1, 0.15) is 5.56 Å². The first-order valence-corrected chi connectivity index (χ1v) is 7.19. The topological polar surface area (TPSA) is 76.4 Å². The monoisotopic (exact) mass is 319 g/mol. The van der Waals surface area contributed by atoms with E-state index >= 15 is 0 Å². The number of hydrogen-bond acceptors (Lipinski definition) is 3. The average Bonchev–Trinajstić information content (AvgIpc) is 2.50. The number of amides is 2. The summed E-state index contributed by atoms with van der Waals surface area (Å²) in [4.78, 5) is 11.9. The molecule has 5 nitrogen and oxygen atoms in total. The average molecular weight is 320 g/mol. The predicted molar refractivity (Wildman–Crippen MR) is 89.6 cm³/mol. The molecule has 2 rings (SSSR count). The first-order chi connectivity index (χ1) is 10.6. The summed E-state index contributed by atoms with van der Waals surface area (Å²) in [6.45, 7) is 0.485. The van der Waals surface area contributed by atoms with Crippen molar-refractivity contribution in [1.82, 2.24) is 5.32 Å². The van der Waals surface area contributed by atoms with Gasteiger partial charge in [0.15, 0.2) is 0 Å². The molecule has 0 radical (unpaired) electrons. The van der Waals surface area contributed by atoms with Gasteiger partial charge in [-0.2, -0.15) is 0 Å². The van der Waals surface area contributed by atoms with Crippen molar-refractivity contribution in [1.29, 1.82) is 0 Å². The van der Waals surface area contributed by atoms with Gasteiger partial charge in [-0.3, -0.25) is 0 Å². The molecular formula is C16H18ClN3O2. The van der Waals surface area contributed by atoms with Crippen molar-refractivity contribution in [2.75, 3.05) is 24.7 Å². The Morgan fingerprint density at radius 2 is 2.05 bits per heavy atom. The lowest BCUT2D eigenvalue weighted by molar-refractivity contribution is 0.252. The second kappa shape index (κ2) is 7.56. The van der Waals surface area contributed by atoms with Crippen LogP contribution < -0.4 is 21.1 Å². The van der Waals surface area contributed by atoms with Crippen molar-refractivity contribution in [3.63, 3.8) is 0 Å². The van der Waals surface area contributed by atoms with Crippen molar-refractivity contribution >= 4 is 29.0 Å². The molecule has 0 aromatic heterocycles. The van der Waals surface area contributed by atoms with Gasteiger partial charge in [0.1, 0.15) is 5.75 Å². The van der Waals surface area contributed by atoms with E-state index < -0.39 is 0 Å². The highest BCUT2D eigenvalue weighted by Gasteiger charge is 2.06. The maximum Gasteiger partial charge on any atom is 0.319 e. The number of nitrogens with one attached hydrogen (secondary N) is 2. The molecule has 22 heavy (non-hydrogen) atoms. The molecule has 2 aromatic rings. The van der Waals surface area contributed by atoms with Crippen molar-refractivity contribution in [3.05, 3.63) is 53.1 Å². The summed E-state index contributed by atoms with van der Waals surface area (Å²) in [7, 11) is 1.63. The highest BCUT2D eigenvalue weighted by Crippen LogP contribution is 2.23. The molecule has 0 spiro atoms. The number of nitrogen functional groups attached to an aromatic ring is 1. The number of benzene rings is 2. The number of hydrogen-bond donors (Lipinski definition) is 3. The number of halogens is 1. The van der Waals surface area contributed by atoms with Crippen LogP contribution in [0.15, 0.2) is 42.5 Å². The van der Waals surface area contributed by atoms with E-state index in [-0.39, 0.29) is 6.03 Å². The van der Waals surface area contributed by atoms with E-state index in [4.69, 9.17) is 22.1 Å². The van der Waals surface area contributed by atoms with E-state index in [1.54, 1.807) is 25.3 Å². The zero-order valence-electron chi connectivity index (χ0n) is 12.2. The molecule has 2 aromatic carbocycles. The molecule has 0 heterocycles. The fraction of sp³-hybridized carbons (Fsp3) is 0.188. The number of nitrogens with two attached hydrogens (primary N) is 1. The Hall–Kier alpha value is -2.40. The molecule has 0 fully saturated rings. The number of carbonyl (C=O) groups is 1. The minimum atomic E-state index is -0.318. The van der Waals surface area contributed by atoms with Gasteiger partial charge in [0.2, 0.25) is 0 Å². The number of para-hydroxylation sites is 1. The molecule has 0 aliphatic rings. The van der Waals surface area contributed by atoms with E-state index in [0.717, 1.165) is 11.3 Å². The van der Waals surface area contributed by atoms with Gasteiger partial charge < -0.3 is 21.1 Å². The van der Waals surface area contributed by atoms with Gasteiger partial charge in [-0.1, -0.05) is 29.8 Å². The number of urea groups is 1. The maximum absolute atomic E-state index is 11.9. The molecule has 0 aliphatic carbocycles. The van der Waals surface area contributed by atoms with Crippen LogP contribution in [0.25, 0.3) is 0 Å². The van der Waals surface area contributed by atoms with Crippen LogP contribution in [-0.4, -0.2) is 19.7 Å². The normalized spacial score (nSPS) is 10.1. The summed E-state index contributed by atoms with van der Waals surface area (Å²) >= 11 is 6.00. The number of methoxy groups -OCH3 is 1. The Morgan fingerprint density at radius 3 is 2.77 bits per heavy atom. The van der Waals surface area contributed by atoms with E-state index in [0.29, 0.717) is 29.4 Å². The third-order valence-corrected chi connectivity index (χ3v) is 3.43. The van der Waals surface area contributed by atoms with Crippen LogP contribution in [-0.2, 0) is 6.42 Å². The van der Waals surface area contributed by atoms with E-state index in [9.17, 15) is 4.79 Å². The third kappa shape index (κ3) is 4.30. The van der Waals surface area contributed by atoms with Crippen LogP contribution in [0.2, 0.25) is 5.02 Å². The van der Waals surface area contributed by atoms with Crippen molar-refractivity contribution < 1.29 is 9.53 Å². The molecule has 0 saturated heterocycles. The zero-order chi connectivity index (χ0) is 15.9. The Balaban J connectivity index is 1.85. The molecule has 0 saturated carbocycles.